The molecule has 2 aromatic rings. The van der Waals surface area contributed by atoms with Gasteiger partial charge in [-0.1, -0.05) is 55.7 Å². The fourth-order valence-electron chi connectivity index (χ4n) is 4.06. The molecule has 0 atom stereocenters. The van der Waals surface area contributed by atoms with Gasteiger partial charge in [-0.15, -0.1) is 0 Å². The summed E-state index contributed by atoms with van der Waals surface area (Å²) in [5, 5.41) is 3.10. The van der Waals surface area contributed by atoms with Gasteiger partial charge in [0.2, 0.25) is 5.91 Å². The Kier molecular flexibility index (Phi) is 5.73. The van der Waals surface area contributed by atoms with Gasteiger partial charge in [0.1, 0.15) is 11.5 Å². The number of ether oxygens (including phenoxy) is 2. The molecule has 0 spiro atoms. The highest BCUT2D eigenvalue weighted by atomic mass is 16.5. The Hall–Kier alpha value is -2.33. The first kappa shape index (κ1) is 18.1. The van der Waals surface area contributed by atoms with Gasteiger partial charge in [-0.2, -0.15) is 0 Å². The minimum Gasteiger partial charge on any atom is -0.457 e. The summed E-state index contributed by atoms with van der Waals surface area (Å²) < 4.78 is 11.9. The lowest BCUT2D eigenvalue weighted by atomic mass is 9.87. The quantitative estimate of drug-likeness (QED) is 0.750. The number of carbonyl (C=O) groups is 1. The lowest BCUT2D eigenvalue weighted by Gasteiger charge is -2.27. The number of benzene rings is 2. The average Bonchev–Trinajstić information content (AvgIpc) is 2.72. The SMILES string of the molecule is O=C(NCCCOC1CCCCC1)C1c2ccccc2Oc2ccccc21. The predicted octanol–water partition coefficient (Wildman–Crippen LogP) is 4.78. The summed E-state index contributed by atoms with van der Waals surface area (Å²) in [5.41, 5.74) is 1.85. The number of hydrogen-bond acceptors (Lipinski definition) is 3. The Bertz CT molecular complexity index is 737. The lowest BCUT2D eigenvalue weighted by molar-refractivity contribution is -0.121. The number of amides is 1. The van der Waals surface area contributed by atoms with Crippen molar-refractivity contribution in [3.8, 4) is 11.5 Å². The third kappa shape index (κ3) is 4.16. The maximum absolute atomic E-state index is 13.0. The van der Waals surface area contributed by atoms with Gasteiger partial charge in [0, 0.05) is 24.3 Å². The summed E-state index contributed by atoms with van der Waals surface area (Å²) in [6.07, 6.45) is 7.53. The molecular weight excluding hydrogens is 338 g/mol. The third-order valence-corrected chi connectivity index (χ3v) is 5.47. The standard InChI is InChI=1S/C23H27NO3/c25-23(24-15-8-16-26-17-9-2-1-3-10-17)22-18-11-4-6-13-20(18)27-21-14-7-5-12-19(21)22/h4-7,11-14,17,22H,1-3,8-10,15-16H2,(H,24,25). The molecular formula is C23H27NO3. The van der Waals surface area contributed by atoms with E-state index in [9.17, 15) is 4.79 Å². The molecule has 1 heterocycles. The first-order chi connectivity index (χ1) is 13.3. The van der Waals surface area contributed by atoms with Gasteiger partial charge < -0.3 is 14.8 Å². The number of rotatable bonds is 6. The second kappa shape index (κ2) is 8.57. The van der Waals surface area contributed by atoms with Crippen molar-refractivity contribution in [2.24, 2.45) is 0 Å². The third-order valence-electron chi connectivity index (χ3n) is 5.47. The Morgan fingerprint density at radius 2 is 1.59 bits per heavy atom. The van der Waals surface area contributed by atoms with Gasteiger partial charge in [0.25, 0.3) is 0 Å². The molecule has 1 aliphatic carbocycles. The van der Waals surface area contributed by atoms with E-state index in [1.165, 1.54) is 32.1 Å². The van der Waals surface area contributed by atoms with Crippen LogP contribution in [-0.2, 0) is 9.53 Å². The summed E-state index contributed by atoms with van der Waals surface area (Å²) in [7, 11) is 0. The first-order valence-electron chi connectivity index (χ1n) is 10.1. The van der Waals surface area contributed by atoms with Gasteiger partial charge in [0.15, 0.2) is 0 Å². The minimum absolute atomic E-state index is 0.0240. The number of para-hydroxylation sites is 2. The number of nitrogens with one attached hydrogen (secondary N) is 1. The Morgan fingerprint density at radius 3 is 2.26 bits per heavy atom. The number of carbonyl (C=O) groups excluding carboxylic acids is 1. The van der Waals surface area contributed by atoms with Crippen LogP contribution in [0.25, 0.3) is 0 Å². The molecule has 1 amide bonds. The zero-order valence-corrected chi connectivity index (χ0v) is 15.7. The molecule has 1 saturated carbocycles. The van der Waals surface area contributed by atoms with E-state index < -0.39 is 0 Å². The van der Waals surface area contributed by atoms with Crippen molar-refractivity contribution < 1.29 is 14.3 Å². The van der Waals surface area contributed by atoms with Crippen LogP contribution in [0.15, 0.2) is 48.5 Å². The van der Waals surface area contributed by atoms with Crippen molar-refractivity contribution in [3.63, 3.8) is 0 Å². The van der Waals surface area contributed by atoms with Crippen LogP contribution in [-0.4, -0.2) is 25.2 Å². The highest BCUT2D eigenvalue weighted by Crippen LogP contribution is 2.43. The zero-order valence-electron chi connectivity index (χ0n) is 15.7. The van der Waals surface area contributed by atoms with E-state index in [-0.39, 0.29) is 11.8 Å². The monoisotopic (exact) mass is 365 g/mol. The molecule has 0 aromatic heterocycles. The molecule has 142 valence electrons. The van der Waals surface area contributed by atoms with E-state index in [0.717, 1.165) is 29.0 Å². The highest BCUT2D eigenvalue weighted by Gasteiger charge is 2.32. The Morgan fingerprint density at radius 1 is 0.963 bits per heavy atom. The van der Waals surface area contributed by atoms with Crippen molar-refractivity contribution in [1.82, 2.24) is 5.32 Å². The first-order valence-corrected chi connectivity index (χ1v) is 10.1. The van der Waals surface area contributed by atoms with Gasteiger partial charge in [0.05, 0.1) is 12.0 Å². The topological polar surface area (TPSA) is 47.6 Å². The van der Waals surface area contributed by atoms with Crippen molar-refractivity contribution in [2.45, 2.75) is 50.5 Å². The number of hydrogen-bond donors (Lipinski definition) is 1. The van der Waals surface area contributed by atoms with E-state index in [2.05, 4.69) is 5.32 Å². The van der Waals surface area contributed by atoms with Gasteiger partial charge in [-0.05, 0) is 31.4 Å². The van der Waals surface area contributed by atoms with Crippen LogP contribution in [0.1, 0.15) is 55.6 Å². The molecule has 1 aliphatic heterocycles. The van der Waals surface area contributed by atoms with E-state index in [1.54, 1.807) is 0 Å². The van der Waals surface area contributed by atoms with Crippen LogP contribution in [0, 0.1) is 0 Å². The molecule has 0 radical (unpaired) electrons. The zero-order chi connectivity index (χ0) is 18.5. The molecule has 4 heteroatoms. The molecule has 0 unspecified atom stereocenters. The smallest absolute Gasteiger partial charge is 0.232 e. The van der Waals surface area contributed by atoms with Crippen LogP contribution in [0.3, 0.4) is 0 Å². The molecule has 4 nitrogen and oxygen atoms in total. The lowest BCUT2D eigenvalue weighted by Crippen LogP contribution is -2.33. The predicted molar refractivity (Wildman–Crippen MR) is 105 cm³/mol. The Balaban J connectivity index is 1.36. The average molecular weight is 365 g/mol. The molecule has 27 heavy (non-hydrogen) atoms. The van der Waals surface area contributed by atoms with Crippen molar-refractivity contribution in [2.75, 3.05) is 13.2 Å². The molecule has 2 aromatic carbocycles. The van der Waals surface area contributed by atoms with Crippen LogP contribution in [0.5, 0.6) is 11.5 Å². The fourth-order valence-corrected chi connectivity index (χ4v) is 4.06. The second-order valence-corrected chi connectivity index (χ2v) is 7.39. The van der Waals surface area contributed by atoms with Crippen LogP contribution >= 0.6 is 0 Å². The van der Waals surface area contributed by atoms with Gasteiger partial charge >= 0.3 is 0 Å². The van der Waals surface area contributed by atoms with Gasteiger partial charge in [-0.25, -0.2) is 0 Å². The van der Waals surface area contributed by atoms with Crippen LogP contribution in [0.4, 0.5) is 0 Å². The van der Waals surface area contributed by atoms with Crippen molar-refractivity contribution >= 4 is 5.91 Å². The van der Waals surface area contributed by atoms with Crippen molar-refractivity contribution in [1.29, 1.82) is 0 Å². The van der Waals surface area contributed by atoms with Crippen molar-refractivity contribution in [3.05, 3.63) is 59.7 Å². The molecule has 0 saturated heterocycles. The van der Waals surface area contributed by atoms with E-state index in [4.69, 9.17) is 9.47 Å². The molecule has 1 N–H and O–H groups in total. The molecule has 2 aliphatic rings. The Labute approximate surface area is 160 Å². The maximum atomic E-state index is 13.0. The summed E-state index contributed by atoms with van der Waals surface area (Å²) in [5.74, 6) is 1.22. The van der Waals surface area contributed by atoms with E-state index in [1.807, 2.05) is 48.5 Å². The largest absolute Gasteiger partial charge is 0.457 e. The van der Waals surface area contributed by atoms with Crippen LogP contribution < -0.4 is 10.1 Å². The molecule has 0 bridgehead atoms. The summed E-state index contributed by atoms with van der Waals surface area (Å²) in [6, 6.07) is 15.6. The second-order valence-electron chi connectivity index (χ2n) is 7.39. The minimum atomic E-state index is -0.328. The maximum Gasteiger partial charge on any atom is 0.232 e. The fraction of sp³-hybridized carbons (Fsp3) is 0.435. The molecule has 4 rings (SSSR count). The van der Waals surface area contributed by atoms with E-state index in [0.29, 0.717) is 19.3 Å². The normalized spacial score (nSPS) is 16.9. The summed E-state index contributed by atoms with van der Waals surface area (Å²) in [6.45, 7) is 1.35. The number of fused-ring (bicyclic) bond motifs is 2. The highest BCUT2D eigenvalue weighted by molar-refractivity contribution is 5.89. The van der Waals surface area contributed by atoms with Gasteiger partial charge in [-0.3, -0.25) is 4.79 Å². The summed E-state index contributed by atoms with van der Waals surface area (Å²) >= 11 is 0. The van der Waals surface area contributed by atoms with Crippen LogP contribution in [0.2, 0.25) is 0 Å². The molecule has 1 fully saturated rings. The van der Waals surface area contributed by atoms with E-state index >= 15 is 0 Å². The summed E-state index contributed by atoms with van der Waals surface area (Å²) in [4.78, 5) is 13.0.